The van der Waals surface area contributed by atoms with Gasteiger partial charge in [0.2, 0.25) is 0 Å². The van der Waals surface area contributed by atoms with E-state index in [0.717, 1.165) is 42.0 Å². The Labute approximate surface area is 204 Å². The van der Waals surface area contributed by atoms with Crippen molar-refractivity contribution >= 4 is 21.7 Å². The molecule has 0 saturated heterocycles. The minimum Gasteiger partial charge on any atom is -0.425 e. The maximum Gasteiger partial charge on any atom is 0.416 e. The molecule has 1 aromatic heterocycles. The van der Waals surface area contributed by atoms with Crippen LogP contribution < -0.4 is 15.6 Å². The van der Waals surface area contributed by atoms with Gasteiger partial charge in [-0.05, 0) is 42.8 Å². The predicted molar refractivity (Wildman–Crippen MR) is 124 cm³/mol. The highest BCUT2D eigenvalue weighted by Gasteiger charge is 2.31. The Balaban J connectivity index is 2.02. The first-order chi connectivity index (χ1) is 16.7. The fourth-order valence-corrected chi connectivity index (χ4v) is 4.00. The van der Waals surface area contributed by atoms with Crippen molar-refractivity contribution in [1.29, 1.82) is 0 Å². The predicted octanol–water partition coefficient (Wildman–Crippen LogP) is 3.42. The quantitative estimate of drug-likeness (QED) is 0.497. The number of nitrogens with one attached hydrogen (secondary N) is 1. The van der Waals surface area contributed by atoms with E-state index >= 15 is 0 Å². The highest BCUT2D eigenvalue weighted by atomic mass is 32.2. The molecule has 0 fully saturated rings. The van der Waals surface area contributed by atoms with Crippen molar-refractivity contribution in [3.63, 3.8) is 0 Å². The monoisotopic (exact) mass is 522 g/mol. The molecule has 0 spiro atoms. The highest BCUT2D eigenvalue weighted by Crippen LogP contribution is 2.31. The second-order valence-electron chi connectivity index (χ2n) is 7.89. The molecule has 8 nitrogen and oxygen atoms in total. The summed E-state index contributed by atoms with van der Waals surface area (Å²) in [4.78, 5) is 37.8. The minimum atomic E-state index is -4.67. The Bertz CT molecular complexity index is 1490. The van der Waals surface area contributed by atoms with Crippen LogP contribution in [-0.2, 0) is 27.4 Å². The summed E-state index contributed by atoms with van der Waals surface area (Å²) in [5.74, 6) is -1.81. The Morgan fingerprint density at radius 1 is 1.06 bits per heavy atom. The van der Waals surface area contributed by atoms with Gasteiger partial charge in [0.15, 0.2) is 15.6 Å². The largest absolute Gasteiger partial charge is 0.425 e. The van der Waals surface area contributed by atoms with Crippen LogP contribution in [0.15, 0.2) is 64.3 Å². The number of rotatable bonds is 6. The lowest BCUT2D eigenvalue weighted by Crippen LogP contribution is -2.33. The van der Waals surface area contributed by atoms with E-state index in [2.05, 4.69) is 5.32 Å². The van der Waals surface area contributed by atoms with Gasteiger partial charge < -0.3 is 10.1 Å². The number of halogens is 3. The fraction of sp³-hybridized carbons (Fsp3) is 0.208. The van der Waals surface area contributed by atoms with Crippen molar-refractivity contribution in [3.05, 3.63) is 87.3 Å². The van der Waals surface area contributed by atoms with E-state index in [-0.39, 0.29) is 28.6 Å². The van der Waals surface area contributed by atoms with Gasteiger partial charge in [-0.15, -0.1) is 0 Å². The molecule has 0 atom stereocenters. The molecular weight excluding hydrogens is 501 g/mol. The zero-order chi connectivity index (χ0) is 26.8. The SMILES string of the molecule is CC(=O)Oc1cc(C(=O)NCc2ccc(S(C)(=O)=O)cc2)c(=O)n(-c2cccc(C(F)(F)F)c2)c1C. The van der Waals surface area contributed by atoms with Crippen molar-refractivity contribution in [1.82, 2.24) is 9.88 Å². The van der Waals surface area contributed by atoms with Gasteiger partial charge in [0.05, 0.1) is 16.2 Å². The summed E-state index contributed by atoms with van der Waals surface area (Å²) in [6.45, 7) is 2.38. The van der Waals surface area contributed by atoms with Crippen LogP contribution in [0.25, 0.3) is 5.69 Å². The van der Waals surface area contributed by atoms with Crippen molar-refractivity contribution in [3.8, 4) is 11.4 Å². The van der Waals surface area contributed by atoms with Crippen molar-refractivity contribution in [2.75, 3.05) is 6.26 Å². The zero-order valence-electron chi connectivity index (χ0n) is 19.3. The summed E-state index contributed by atoms with van der Waals surface area (Å²) in [7, 11) is -3.41. The second-order valence-corrected chi connectivity index (χ2v) is 9.90. The highest BCUT2D eigenvalue weighted by molar-refractivity contribution is 7.90. The zero-order valence-corrected chi connectivity index (χ0v) is 20.2. The average Bonchev–Trinajstić information content (AvgIpc) is 2.78. The number of hydrogen-bond donors (Lipinski definition) is 1. The Hall–Kier alpha value is -3.93. The summed E-state index contributed by atoms with van der Waals surface area (Å²) < 4.78 is 68.9. The van der Waals surface area contributed by atoms with Crippen LogP contribution in [0.4, 0.5) is 13.2 Å². The van der Waals surface area contributed by atoms with Gasteiger partial charge in [0.1, 0.15) is 5.56 Å². The molecule has 190 valence electrons. The maximum atomic E-state index is 13.2. The van der Waals surface area contributed by atoms with Crippen LogP contribution in [0, 0.1) is 6.92 Å². The number of alkyl halides is 3. The molecule has 0 aliphatic heterocycles. The first-order valence-corrected chi connectivity index (χ1v) is 12.3. The number of esters is 1. The lowest BCUT2D eigenvalue weighted by Gasteiger charge is -2.17. The summed E-state index contributed by atoms with van der Waals surface area (Å²) in [5, 5.41) is 2.51. The van der Waals surface area contributed by atoms with E-state index < -0.39 is 44.6 Å². The third kappa shape index (κ3) is 6.00. The summed E-state index contributed by atoms with van der Waals surface area (Å²) in [6, 6.07) is 10.7. The lowest BCUT2D eigenvalue weighted by molar-refractivity contribution is -0.137. The topological polar surface area (TPSA) is 112 Å². The number of ether oxygens (including phenoxy) is 1. The second kappa shape index (κ2) is 9.97. The molecule has 3 rings (SSSR count). The van der Waals surface area contributed by atoms with E-state index in [4.69, 9.17) is 4.74 Å². The average molecular weight is 523 g/mol. The first-order valence-electron chi connectivity index (χ1n) is 10.4. The normalized spacial score (nSPS) is 11.7. The van der Waals surface area contributed by atoms with Gasteiger partial charge >= 0.3 is 12.1 Å². The van der Waals surface area contributed by atoms with E-state index in [1.165, 1.54) is 37.3 Å². The summed E-state index contributed by atoms with van der Waals surface area (Å²) >= 11 is 0. The molecular formula is C24H21F3N2O6S. The number of aromatic nitrogens is 1. The van der Waals surface area contributed by atoms with Gasteiger partial charge in [0.25, 0.3) is 11.5 Å². The third-order valence-corrected chi connectivity index (χ3v) is 6.26. The molecule has 0 radical (unpaired) electrons. The maximum absolute atomic E-state index is 13.2. The van der Waals surface area contributed by atoms with Gasteiger partial charge in [0, 0.05) is 31.5 Å². The van der Waals surface area contributed by atoms with Crippen LogP contribution in [0.1, 0.15) is 34.1 Å². The van der Waals surface area contributed by atoms with Gasteiger partial charge in [-0.25, -0.2) is 8.42 Å². The molecule has 0 saturated carbocycles. The van der Waals surface area contributed by atoms with Crippen molar-refractivity contribution in [2.45, 2.75) is 31.5 Å². The molecule has 36 heavy (non-hydrogen) atoms. The van der Waals surface area contributed by atoms with Crippen molar-refractivity contribution in [2.24, 2.45) is 0 Å². The smallest absolute Gasteiger partial charge is 0.416 e. The third-order valence-electron chi connectivity index (χ3n) is 5.14. The molecule has 1 heterocycles. The van der Waals surface area contributed by atoms with Gasteiger partial charge in [-0.3, -0.25) is 19.0 Å². The number of amides is 1. The lowest BCUT2D eigenvalue weighted by atomic mass is 10.1. The van der Waals surface area contributed by atoms with Gasteiger partial charge in [-0.2, -0.15) is 13.2 Å². The van der Waals surface area contributed by atoms with E-state index in [9.17, 15) is 36.0 Å². The van der Waals surface area contributed by atoms with E-state index in [1.807, 2.05) is 0 Å². The molecule has 0 aliphatic rings. The molecule has 0 aliphatic carbocycles. The van der Waals surface area contributed by atoms with Crippen LogP contribution in [0.3, 0.4) is 0 Å². The van der Waals surface area contributed by atoms with E-state index in [0.29, 0.717) is 5.56 Å². The Kier molecular flexibility index (Phi) is 7.39. The number of benzene rings is 2. The summed E-state index contributed by atoms with van der Waals surface area (Å²) in [5.41, 5.74) is -2.03. The molecule has 1 amide bonds. The number of carbonyl (C=O) groups excluding carboxylic acids is 2. The molecule has 0 unspecified atom stereocenters. The minimum absolute atomic E-state index is 0.0161. The van der Waals surface area contributed by atoms with Crippen LogP contribution in [-0.4, -0.2) is 31.1 Å². The van der Waals surface area contributed by atoms with Crippen LogP contribution in [0.5, 0.6) is 5.75 Å². The number of carbonyl (C=O) groups is 2. The Morgan fingerprint density at radius 2 is 1.69 bits per heavy atom. The first kappa shape index (κ1) is 26.7. The molecule has 3 aromatic rings. The standard InChI is InChI=1S/C24H21F3N2O6S/c1-14-21(35-15(2)30)12-20(22(31)28-13-16-7-9-19(10-8-16)36(3,33)34)23(32)29(14)18-6-4-5-17(11-18)24(25,26)27/h4-12H,13H2,1-3H3,(H,28,31). The van der Waals surface area contributed by atoms with E-state index in [1.54, 1.807) is 0 Å². The van der Waals surface area contributed by atoms with Crippen LogP contribution >= 0.6 is 0 Å². The number of nitrogens with zero attached hydrogens (tertiary/aromatic N) is 1. The number of hydrogen-bond acceptors (Lipinski definition) is 6. The fourth-order valence-electron chi connectivity index (χ4n) is 3.37. The Morgan fingerprint density at radius 3 is 2.25 bits per heavy atom. The van der Waals surface area contributed by atoms with Crippen LogP contribution in [0.2, 0.25) is 0 Å². The molecule has 2 aromatic carbocycles. The van der Waals surface area contributed by atoms with Gasteiger partial charge in [-0.1, -0.05) is 18.2 Å². The molecule has 1 N–H and O–H groups in total. The summed E-state index contributed by atoms with van der Waals surface area (Å²) in [6.07, 6.45) is -3.62. The molecule has 12 heteroatoms. The van der Waals surface area contributed by atoms with Crippen molar-refractivity contribution < 1.29 is 35.9 Å². The molecule has 0 bridgehead atoms. The number of sulfone groups is 1. The number of pyridine rings is 1.